The van der Waals surface area contributed by atoms with Gasteiger partial charge in [-0.2, -0.15) is 13.2 Å². The molecule has 2 heterocycles. The summed E-state index contributed by atoms with van der Waals surface area (Å²) in [6.07, 6.45) is -2.33. The number of ether oxygens (including phenoxy) is 1. The molecule has 2 aliphatic rings. The number of halogens is 3. The molecule has 2 saturated heterocycles. The number of carbonyl (C=O) groups is 1. The second kappa shape index (κ2) is 7.73. The Hall–Kier alpha value is -1.96. The van der Waals surface area contributed by atoms with Crippen LogP contribution in [0.2, 0.25) is 0 Å². The van der Waals surface area contributed by atoms with Gasteiger partial charge in [-0.15, -0.1) is 0 Å². The highest BCUT2D eigenvalue weighted by Gasteiger charge is 2.31. The summed E-state index contributed by atoms with van der Waals surface area (Å²) in [5.74, 6) is 0. The summed E-state index contributed by atoms with van der Waals surface area (Å²) in [4.78, 5) is 16.0. The Kier molecular flexibility index (Phi) is 5.60. The maximum atomic E-state index is 12.9. The van der Waals surface area contributed by atoms with E-state index in [1.807, 2.05) is 11.8 Å². The van der Waals surface area contributed by atoms with E-state index in [2.05, 4.69) is 5.32 Å². The van der Waals surface area contributed by atoms with Gasteiger partial charge in [-0.3, -0.25) is 0 Å². The van der Waals surface area contributed by atoms with Gasteiger partial charge in [0.15, 0.2) is 0 Å². The minimum absolute atomic E-state index is 0.0495. The van der Waals surface area contributed by atoms with Crippen molar-refractivity contribution in [2.45, 2.75) is 38.1 Å². The molecule has 144 valence electrons. The molecule has 0 saturated carbocycles. The van der Waals surface area contributed by atoms with E-state index < -0.39 is 11.7 Å². The van der Waals surface area contributed by atoms with Gasteiger partial charge >= 0.3 is 12.2 Å². The first-order valence-electron chi connectivity index (χ1n) is 8.94. The van der Waals surface area contributed by atoms with E-state index >= 15 is 0 Å². The van der Waals surface area contributed by atoms with Crippen LogP contribution < -0.4 is 10.2 Å². The molecule has 1 aromatic carbocycles. The van der Waals surface area contributed by atoms with Crippen LogP contribution in [0.1, 0.15) is 25.3 Å². The molecule has 0 bridgehead atoms. The molecule has 2 unspecified atom stereocenters. The summed E-state index contributed by atoms with van der Waals surface area (Å²) in [5.41, 5.74) is -0.117. The van der Waals surface area contributed by atoms with Gasteiger partial charge in [0.2, 0.25) is 0 Å². The second-order valence-electron chi connectivity index (χ2n) is 6.81. The zero-order valence-electron chi connectivity index (χ0n) is 14.8. The van der Waals surface area contributed by atoms with E-state index in [1.165, 1.54) is 6.07 Å². The third-order valence-corrected chi connectivity index (χ3v) is 4.98. The van der Waals surface area contributed by atoms with Crippen molar-refractivity contribution in [2.24, 2.45) is 0 Å². The van der Waals surface area contributed by atoms with Crippen LogP contribution in [0.5, 0.6) is 0 Å². The molecule has 0 aromatic heterocycles. The molecule has 0 aliphatic carbocycles. The van der Waals surface area contributed by atoms with Crippen molar-refractivity contribution in [1.29, 1.82) is 0 Å². The Morgan fingerprint density at radius 3 is 2.62 bits per heavy atom. The van der Waals surface area contributed by atoms with E-state index in [-0.39, 0.29) is 18.2 Å². The van der Waals surface area contributed by atoms with Crippen LogP contribution >= 0.6 is 0 Å². The minimum atomic E-state index is -4.35. The van der Waals surface area contributed by atoms with Crippen LogP contribution in [0.3, 0.4) is 0 Å². The van der Waals surface area contributed by atoms with Crippen LogP contribution in [-0.4, -0.2) is 55.9 Å². The fourth-order valence-electron chi connectivity index (χ4n) is 3.42. The Morgan fingerprint density at radius 1 is 1.27 bits per heavy atom. The van der Waals surface area contributed by atoms with E-state index in [4.69, 9.17) is 4.74 Å². The number of hydrogen-bond donors (Lipinski definition) is 1. The average Bonchev–Trinajstić information content (AvgIpc) is 3.16. The van der Waals surface area contributed by atoms with Crippen LogP contribution in [-0.2, 0) is 10.9 Å². The molecule has 2 fully saturated rings. The zero-order valence-corrected chi connectivity index (χ0v) is 14.8. The predicted octanol–water partition coefficient (Wildman–Crippen LogP) is 3.10. The van der Waals surface area contributed by atoms with E-state index in [9.17, 15) is 18.0 Å². The standard InChI is InChI=1S/C18H24F3N3O2/c1-13(16-6-3-11-26-16)22-17(25)24-9-7-23(8-10-24)15-5-2-4-14(12-15)18(19,20)21/h2,4-5,12-13,16H,3,6-11H2,1H3,(H,22,25). The SMILES string of the molecule is CC(NC(=O)N1CCN(c2cccc(C(F)(F)F)c2)CC1)C1CCCO1. The number of benzene rings is 1. The molecule has 2 amide bonds. The lowest BCUT2D eigenvalue weighted by Gasteiger charge is -2.37. The zero-order chi connectivity index (χ0) is 18.7. The topological polar surface area (TPSA) is 44.8 Å². The van der Waals surface area contributed by atoms with Gasteiger partial charge in [0, 0.05) is 38.5 Å². The van der Waals surface area contributed by atoms with Gasteiger partial charge < -0.3 is 19.9 Å². The van der Waals surface area contributed by atoms with Gasteiger partial charge in [-0.1, -0.05) is 6.07 Å². The lowest BCUT2D eigenvalue weighted by Crippen LogP contribution is -2.54. The van der Waals surface area contributed by atoms with Crippen molar-refractivity contribution >= 4 is 11.7 Å². The Bertz CT molecular complexity index is 624. The van der Waals surface area contributed by atoms with Crippen molar-refractivity contribution in [3.63, 3.8) is 0 Å². The van der Waals surface area contributed by atoms with Crippen molar-refractivity contribution in [3.05, 3.63) is 29.8 Å². The minimum Gasteiger partial charge on any atom is -0.376 e. The first-order chi connectivity index (χ1) is 12.3. The van der Waals surface area contributed by atoms with Crippen LogP contribution in [0.4, 0.5) is 23.7 Å². The molecule has 26 heavy (non-hydrogen) atoms. The second-order valence-corrected chi connectivity index (χ2v) is 6.81. The molecule has 1 N–H and O–H groups in total. The fraction of sp³-hybridized carbons (Fsp3) is 0.611. The molecular weight excluding hydrogens is 347 g/mol. The molecule has 0 radical (unpaired) electrons. The number of amides is 2. The molecule has 1 aromatic rings. The fourth-order valence-corrected chi connectivity index (χ4v) is 3.42. The highest BCUT2D eigenvalue weighted by Crippen LogP contribution is 2.31. The Balaban J connectivity index is 1.53. The maximum Gasteiger partial charge on any atom is 0.416 e. The monoisotopic (exact) mass is 371 g/mol. The summed E-state index contributed by atoms with van der Waals surface area (Å²) in [6.45, 7) is 4.63. The van der Waals surface area contributed by atoms with E-state index in [1.54, 1.807) is 11.0 Å². The van der Waals surface area contributed by atoms with Crippen molar-refractivity contribution in [3.8, 4) is 0 Å². The number of alkyl halides is 3. The van der Waals surface area contributed by atoms with Crippen LogP contribution in [0.25, 0.3) is 0 Å². The summed E-state index contributed by atoms with van der Waals surface area (Å²) in [7, 11) is 0. The third-order valence-electron chi connectivity index (χ3n) is 4.98. The Labute approximate surface area is 151 Å². The number of urea groups is 1. The summed E-state index contributed by atoms with van der Waals surface area (Å²) >= 11 is 0. The first-order valence-corrected chi connectivity index (χ1v) is 8.94. The first kappa shape index (κ1) is 18.8. The largest absolute Gasteiger partial charge is 0.416 e. The Morgan fingerprint density at radius 2 is 2.00 bits per heavy atom. The number of nitrogens with zero attached hydrogens (tertiary/aromatic N) is 2. The van der Waals surface area contributed by atoms with Gasteiger partial charge in [-0.05, 0) is 38.0 Å². The van der Waals surface area contributed by atoms with Gasteiger partial charge in [0.1, 0.15) is 0 Å². The van der Waals surface area contributed by atoms with Gasteiger partial charge in [0.25, 0.3) is 0 Å². The lowest BCUT2D eigenvalue weighted by atomic mass is 10.1. The van der Waals surface area contributed by atoms with E-state index in [0.29, 0.717) is 31.9 Å². The molecule has 5 nitrogen and oxygen atoms in total. The number of nitrogens with one attached hydrogen (secondary N) is 1. The molecule has 0 spiro atoms. The van der Waals surface area contributed by atoms with Gasteiger partial charge in [-0.25, -0.2) is 4.79 Å². The molecule has 2 atom stereocenters. The summed E-state index contributed by atoms with van der Waals surface area (Å²) in [5, 5.41) is 2.97. The maximum absolute atomic E-state index is 12.9. The molecule has 8 heteroatoms. The third kappa shape index (κ3) is 4.41. The quantitative estimate of drug-likeness (QED) is 0.888. The van der Waals surface area contributed by atoms with Crippen molar-refractivity contribution in [2.75, 3.05) is 37.7 Å². The summed E-state index contributed by atoms with van der Waals surface area (Å²) < 4.78 is 44.2. The smallest absolute Gasteiger partial charge is 0.376 e. The summed E-state index contributed by atoms with van der Waals surface area (Å²) in [6, 6.07) is 5.13. The van der Waals surface area contributed by atoms with Crippen molar-refractivity contribution in [1.82, 2.24) is 10.2 Å². The number of hydrogen-bond acceptors (Lipinski definition) is 3. The molecule has 3 rings (SSSR count). The number of carbonyl (C=O) groups excluding carboxylic acids is 1. The lowest BCUT2D eigenvalue weighted by molar-refractivity contribution is -0.137. The van der Waals surface area contributed by atoms with Crippen LogP contribution in [0.15, 0.2) is 24.3 Å². The number of piperazine rings is 1. The predicted molar refractivity (Wildman–Crippen MR) is 92.2 cm³/mol. The number of rotatable bonds is 3. The normalized spacial score (nSPS) is 22.4. The van der Waals surface area contributed by atoms with E-state index in [0.717, 1.165) is 31.6 Å². The van der Waals surface area contributed by atoms with Crippen molar-refractivity contribution < 1.29 is 22.7 Å². The highest BCUT2D eigenvalue weighted by molar-refractivity contribution is 5.75. The number of anilines is 1. The molecule has 2 aliphatic heterocycles. The van der Waals surface area contributed by atoms with Crippen LogP contribution in [0, 0.1) is 0 Å². The van der Waals surface area contributed by atoms with Gasteiger partial charge in [0.05, 0.1) is 17.7 Å². The molecular formula is C18H24F3N3O2. The highest BCUT2D eigenvalue weighted by atomic mass is 19.4. The average molecular weight is 371 g/mol.